The van der Waals surface area contributed by atoms with Gasteiger partial charge in [-0.15, -0.1) is 16.9 Å². The molecule has 0 amide bonds. The summed E-state index contributed by atoms with van der Waals surface area (Å²) in [6.45, 7) is 0. The number of hydrogen-bond acceptors (Lipinski definition) is 2. The second-order valence-electron chi connectivity index (χ2n) is 1.73. The molecule has 2 N–H and O–H groups in total. The lowest BCUT2D eigenvalue weighted by Gasteiger charge is -1.99. The van der Waals surface area contributed by atoms with Crippen molar-refractivity contribution in [3.63, 3.8) is 0 Å². The highest BCUT2D eigenvalue weighted by Gasteiger charge is 1.89. The van der Waals surface area contributed by atoms with Gasteiger partial charge in [0.25, 0.3) is 0 Å². The van der Waals surface area contributed by atoms with Gasteiger partial charge in [-0.1, -0.05) is 23.3 Å². The number of nitrogens with one attached hydrogen (secondary N) is 2. The monoisotopic (exact) mass is 196 g/mol. The molecule has 2 nitrogen and oxygen atoms in total. The van der Waals surface area contributed by atoms with Gasteiger partial charge in [0.1, 0.15) is 0 Å². The highest BCUT2D eigenvalue weighted by molar-refractivity contribution is 6.30. The molecule has 0 heterocycles. The van der Waals surface area contributed by atoms with E-state index in [1.54, 1.807) is 24.3 Å². The van der Waals surface area contributed by atoms with Gasteiger partial charge in [-0.2, -0.15) is 0 Å². The highest BCUT2D eigenvalue weighted by atomic mass is 35.5. The molecule has 0 aromatic heterocycles. The Morgan fingerprint density at radius 3 is 2.64 bits per heavy atom. The van der Waals surface area contributed by atoms with Crippen molar-refractivity contribution in [3.8, 4) is 0 Å². The van der Waals surface area contributed by atoms with Crippen molar-refractivity contribution >= 4 is 29.7 Å². The van der Waals surface area contributed by atoms with Crippen molar-refractivity contribution < 1.29 is 4.48 Å². The first-order valence-corrected chi connectivity index (χ1v) is 3.08. The zero-order valence-corrected chi connectivity index (χ0v) is 7.05. The second-order valence-corrected chi connectivity index (χ2v) is 2.17. The normalized spacial score (nSPS) is 8.55. The average Bonchev–Trinajstić information content (AvgIpc) is 1.88. The molecule has 1 aromatic rings. The van der Waals surface area contributed by atoms with E-state index in [2.05, 4.69) is 5.43 Å². The zero-order valence-electron chi connectivity index (χ0n) is 5.47. The molecule has 0 unspecified atom stereocenters. The van der Waals surface area contributed by atoms with E-state index in [0.29, 0.717) is 10.7 Å². The van der Waals surface area contributed by atoms with Crippen LogP contribution in [0.4, 0.5) is 10.2 Å². The van der Waals surface area contributed by atoms with Crippen molar-refractivity contribution in [1.82, 2.24) is 5.65 Å². The van der Waals surface area contributed by atoms with Crippen LogP contribution in [0.25, 0.3) is 0 Å². The summed E-state index contributed by atoms with van der Waals surface area (Å²) in [5, 5.41) is 0.570. The molecule has 0 bridgehead atoms. The van der Waals surface area contributed by atoms with Crippen molar-refractivity contribution in [2.45, 2.75) is 0 Å². The largest absolute Gasteiger partial charge is 0.295 e. The van der Waals surface area contributed by atoms with Gasteiger partial charge in [0.2, 0.25) is 0 Å². The van der Waals surface area contributed by atoms with Crippen LogP contribution in [0.5, 0.6) is 0 Å². The number of hydrazine groups is 1. The van der Waals surface area contributed by atoms with Gasteiger partial charge in [0, 0.05) is 5.02 Å². The van der Waals surface area contributed by atoms with E-state index in [-0.39, 0.29) is 12.4 Å². The summed E-state index contributed by atoms with van der Waals surface area (Å²) in [6.07, 6.45) is 0. The van der Waals surface area contributed by atoms with Gasteiger partial charge in [-0.25, -0.2) is 0 Å². The lowest BCUT2D eigenvalue weighted by molar-refractivity contribution is 0.376. The average molecular weight is 197 g/mol. The second kappa shape index (κ2) is 5.18. The zero-order chi connectivity index (χ0) is 7.40. The Labute approximate surface area is 75.1 Å². The molecule has 1 rings (SSSR count). The van der Waals surface area contributed by atoms with E-state index >= 15 is 0 Å². The van der Waals surface area contributed by atoms with Crippen molar-refractivity contribution in [1.29, 1.82) is 0 Å². The minimum absolute atomic E-state index is 0. The number of rotatable bonds is 2. The molecule has 0 aliphatic rings. The topological polar surface area (TPSA) is 24.1 Å². The molecule has 0 atom stereocenters. The van der Waals surface area contributed by atoms with E-state index in [1.165, 1.54) is 5.65 Å². The van der Waals surface area contributed by atoms with Gasteiger partial charge in [0.05, 0.1) is 5.69 Å². The maximum Gasteiger partial charge on any atom is 0.0527 e. The van der Waals surface area contributed by atoms with Crippen LogP contribution in [0.3, 0.4) is 0 Å². The molecule has 0 radical (unpaired) electrons. The fourth-order valence-electron chi connectivity index (χ4n) is 0.621. The molecule has 0 fully saturated rings. The number of anilines is 1. The quantitative estimate of drug-likeness (QED) is 0.562. The Morgan fingerprint density at radius 1 is 1.36 bits per heavy atom. The molecule has 1 aromatic carbocycles. The molecule has 0 saturated heterocycles. The molecule has 0 aliphatic carbocycles. The molecule has 11 heavy (non-hydrogen) atoms. The van der Waals surface area contributed by atoms with E-state index in [4.69, 9.17) is 11.6 Å². The van der Waals surface area contributed by atoms with Gasteiger partial charge >= 0.3 is 0 Å². The summed E-state index contributed by atoms with van der Waals surface area (Å²) in [6, 6.07) is 6.74. The molecule has 62 valence electrons. The van der Waals surface area contributed by atoms with Crippen LogP contribution in [-0.2, 0) is 0 Å². The summed E-state index contributed by atoms with van der Waals surface area (Å²) in [5.74, 6) is 0. The smallest absolute Gasteiger partial charge is 0.0527 e. The minimum atomic E-state index is 0. The molecular weight excluding hydrogens is 190 g/mol. The SMILES string of the molecule is Cl.FNNc1cccc(Cl)c1. The summed E-state index contributed by atoms with van der Waals surface area (Å²) in [5.41, 5.74) is 4.14. The molecule has 0 saturated carbocycles. The molecular formula is C6H7Cl2FN2. The van der Waals surface area contributed by atoms with Crippen molar-refractivity contribution in [3.05, 3.63) is 29.3 Å². The van der Waals surface area contributed by atoms with Crippen LogP contribution in [-0.4, -0.2) is 0 Å². The minimum Gasteiger partial charge on any atom is -0.295 e. The van der Waals surface area contributed by atoms with Gasteiger partial charge in [-0.3, -0.25) is 5.43 Å². The van der Waals surface area contributed by atoms with Gasteiger partial charge in [0.15, 0.2) is 0 Å². The van der Waals surface area contributed by atoms with E-state index in [9.17, 15) is 4.48 Å². The van der Waals surface area contributed by atoms with Gasteiger partial charge < -0.3 is 0 Å². The first-order chi connectivity index (χ1) is 4.83. The summed E-state index contributed by atoms with van der Waals surface area (Å²) < 4.78 is 11.4. The first-order valence-electron chi connectivity index (χ1n) is 2.70. The Morgan fingerprint density at radius 2 is 2.09 bits per heavy atom. The van der Waals surface area contributed by atoms with Crippen LogP contribution >= 0.6 is 24.0 Å². The molecule has 0 spiro atoms. The fourth-order valence-corrected chi connectivity index (χ4v) is 0.811. The maximum atomic E-state index is 11.4. The Bertz CT molecular complexity index is 219. The van der Waals surface area contributed by atoms with Crippen LogP contribution in [0.1, 0.15) is 0 Å². The van der Waals surface area contributed by atoms with E-state index in [1.807, 2.05) is 0 Å². The standard InChI is InChI=1S/C6H6ClFN2.ClH/c7-5-2-1-3-6(4-5)9-10-8;/h1-4,9-10H;1H. The van der Waals surface area contributed by atoms with Gasteiger partial charge in [-0.05, 0) is 18.2 Å². The summed E-state index contributed by atoms with van der Waals surface area (Å²) in [4.78, 5) is 0. The predicted molar refractivity (Wildman–Crippen MR) is 46.6 cm³/mol. The Hall–Kier alpha value is -0.510. The molecule has 0 aliphatic heterocycles. The number of hydrogen-bond donors (Lipinski definition) is 2. The molecule has 5 heteroatoms. The first kappa shape index (κ1) is 10.5. The van der Waals surface area contributed by atoms with E-state index in [0.717, 1.165) is 0 Å². The lowest BCUT2D eigenvalue weighted by Crippen LogP contribution is -2.09. The van der Waals surface area contributed by atoms with E-state index < -0.39 is 0 Å². The van der Waals surface area contributed by atoms with Crippen molar-refractivity contribution in [2.75, 3.05) is 5.43 Å². The Kier molecular flexibility index (Phi) is 4.94. The van der Waals surface area contributed by atoms with Crippen LogP contribution in [0, 0.1) is 0 Å². The summed E-state index contributed by atoms with van der Waals surface area (Å²) in [7, 11) is 0. The van der Waals surface area contributed by atoms with Crippen molar-refractivity contribution in [2.24, 2.45) is 0 Å². The number of benzene rings is 1. The third kappa shape index (κ3) is 3.41. The fraction of sp³-hybridized carbons (Fsp3) is 0. The lowest BCUT2D eigenvalue weighted by atomic mass is 10.3. The van der Waals surface area contributed by atoms with Crippen LogP contribution in [0.2, 0.25) is 5.02 Å². The number of halogens is 3. The maximum absolute atomic E-state index is 11.4. The summed E-state index contributed by atoms with van der Waals surface area (Å²) >= 11 is 5.59. The third-order valence-corrected chi connectivity index (χ3v) is 1.25. The predicted octanol–water partition coefficient (Wildman–Crippen LogP) is 2.56. The third-order valence-electron chi connectivity index (χ3n) is 1.02. The van der Waals surface area contributed by atoms with Crippen LogP contribution < -0.4 is 11.1 Å². The Balaban J connectivity index is 0.000001000. The van der Waals surface area contributed by atoms with Crippen LogP contribution in [0.15, 0.2) is 24.3 Å². The highest BCUT2D eigenvalue weighted by Crippen LogP contribution is 2.13.